The van der Waals surface area contributed by atoms with Crippen molar-refractivity contribution in [1.29, 1.82) is 0 Å². The maximum atomic E-state index is 13.4. The maximum absolute atomic E-state index is 13.4. The molecule has 0 radical (unpaired) electrons. The largest absolute Gasteiger partial charge is 0.455 e. The third-order valence-corrected chi connectivity index (χ3v) is 6.68. The molecule has 2 N–H and O–H groups in total. The fourth-order valence-corrected chi connectivity index (χ4v) is 4.78. The molecule has 2 heterocycles. The molecule has 1 aliphatic carbocycles. The first kappa shape index (κ1) is 22.6. The van der Waals surface area contributed by atoms with Gasteiger partial charge in [-0.3, -0.25) is 20.0 Å². The lowest BCUT2D eigenvalue weighted by molar-refractivity contribution is 0.0922. The second kappa shape index (κ2) is 9.99. The number of hydrazine groups is 1. The highest BCUT2D eigenvalue weighted by Crippen LogP contribution is 2.31. The first-order valence-corrected chi connectivity index (χ1v) is 12.2. The zero-order valence-electron chi connectivity index (χ0n) is 19.2. The number of thiophene rings is 1. The van der Waals surface area contributed by atoms with Gasteiger partial charge in [-0.2, -0.15) is 5.10 Å². The highest BCUT2D eigenvalue weighted by molar-refractivity contribution is 7.12. The minimum Gasteiger partial charge on any atom is -0.455 e. The average molecular weight is 485 g/mol. The number of hydrogen-bond donors (Lipinski definition) is 2. The van der Waals surface area contributed by atoms with E-state index in [0.717, 1.165) is 29.1 Å². The Morgan fingerprint density at radius 1 is 0.914 bits per heavy atom. The van der Waals surface area contributed by atoms with E-state index in [1.54, 1.807) is 11.1 Å². The summed E-state index contributed by atoms with van der Waals surface area (Å²) in [5.41, 5.74) is 9.51. The molecule has 5 rings (SSSR count). The third-order valence-electron chi connectivity index (χ3n) is 5.81. The molecule has 0 fully saturated rings. The van der Waals surface area contributed by atoms with Gasteiger partial charge in [-0.05, 0) is 55.5 Å². The van der Waals surface area contributed by atoms with Crippen LogP contribution in [0.3, 0.4) is 0 Å². The van der Waals surface area contributed by atoms with Crippen molar-refractivity contribution in [3.05, 3.63) is 106 Å². The first-order chi connectivity index (χ1) is 17.1. The van der Waals surface area contributed by atoms with Gasteiger partial charge in [-0.25, -0.2) is 5.43 Å². The third kappa shape index (κ3) is 4.74. The minimum atomic E-state index is -0.355. The van der Waals surface area contributed by atoms with Gasteiger partial charge in [-0.15, -0.1) is 11.3 Å². The van der Waals surface area contributed by atoms with Crippen molar-refractivity contribution in [1.82, 2.24) is 10.9 Å². The predicted molar refractivity (Wildman–Crippen MR) is 137 cm³/mol. The summed E-state index contributed by atoms with van der Waals surface area (Å²) in [6, 6.07) is 22.8. The topological polar surface area (TPSA) is 86.9 Å². The van der Waals surface area contributed by atoms with Gasteiger partial charge in [0.25, 0.3) is 5.91 Å². The van der Waals surface area contributed by atoms with Crippen molar-refractivity contribution in [3.8, 4) is 0 Å². The molecule has 0 unspecified atom stereocenters. The predicted octanol–water partition coefficient (Wildman–Crippen LogP) is 5.60. The number of aryl methyl sites for hydroxylation is 1. The van der Waals surface area contributed by atoms with Gasteiger partial charge in [0.2, 0.25) is 0 Å². The van der Waals surface area contributed by atoms with Crippen LogP contribution in [-0.2, 0) is 6.42 Å². The second-order valence-corrected chi connectivity index (χ2v) is 9.08. The van der Waals surface area contributed by atoms with Crippen LogP contribution in [0.25, 0.3) is 0 Å². The number of rotatable bonds is 6. The molecular weight excluding hydrogens is 460 g/mol. The van der Waals surface area contributed by atoms with Crippen molar-refractivity contribution in [2.24, 2.45) is 5.10 Å². The Labute approximate surface area is 207 Å². The normalized spacial score (nSPS) is 13.8. The number of carbonyl (C=O) groups is 2. The van der Waals surface area contributed by atoms with Crippen molar-refractivity contribution in [2.45, 2.75) is 26.2 Å². The van der Waals surface area contributed by atoms with Crippen LogP contribution >= 0.6 is 11.3 Å². The number of fused-ring (bicyclic) bond motifs is 1. The Morgan fingerprint density at radius 3 is 2.23 bits per heavy atom. The number of amides is 2. The van der Waals surface area contributed by atoms with E-state index in [1.165, 1.54) is 11.3 Å². The highest BCUT2D eigenvalue weighted by atomic mass is 32.1. The molecule has 176 valence electrons. The van der Waals surface area contributed by atoms with Gasteiger partial charge in [-0.1, -0.05) is 42.5 Å². The summed E-state index contributed by atoms with van der Waals surface area (Å²) in [6.07, 6.45) is 2.23. The molecule has 4 aromatic rings. The Kier molecular flexibility index (Phi) is 6.45. The Balaban J connectivity index is 1.42. The number of carbonyl (C=O) groups excluding carboxylic acids is 2. The van der Waals surface area contributed by atoms with Gasteiger partial charge in [0.15, 0.2) is 5.76 Å². The SMILES string of the molecule is Cc1c(C(=O)NN(c2ccccc2)c2ccccc2)oc2c1/C(=N/NC(=O)c1cccs1)CCC2. The quantitative estimate of drug-likeness (QED) is 0.349. The Morgan fingerprint density at radius 2 is 1.60 bits per heavy atom. The van der Waals surface area contributed by atoms with E-state index < -0.39 is 0 Å². The fourth-order valence-electron chi connectivity index (χ4n) is 4.16. The number of hydrogen-bond acceptors (Lipinski definition) is 6. The van der Waals surface area contributed by atoms with Gasteiger partial charge < -0.3 is 4.42 Å². The first-order valence-electron chi connectivity index (χ1n) is 11.4. The van der Waals surface area contributed by atoms with E-state index in [2.05, 4.69) is 16.0 Å². The van der Waals surface area contributed by atoms with Crippen molar-refractivity contribution in [3.63, 3.8) is 0 Å². The summed E-state index contributed by atoms with van der Waals surface area (Å²) in [7, 11) is 0. The smallest absolute Gasteiger partial charge is 0.306 e. The molecule has 1 aliphatic rings. The van der Waals surface area contributed by atoms with E-state index in [-0.39, 0.29) is 17.6 Å². The van der Waals surface area contributed by atoms with Gasteiger partial charge >= 0.3 is 5.91 Å². The molecule has 0 saturated heterocycles. The minimum absolute atomic E-state index is 0.242. The van der Waals surface area contributed by atoms with Crippen LogP contribution in [-0.4, -0.2) is 17.5 Å². The molecule has 35 heavy (non-hydrogen) atoms. The molecule has 7 nitrogen and oxygen atoms in total. The number of benzene rings is 2. The molecule has 0 bridgehead atoms. The van der Waals surface area contributed by atoms with E-state index in [4.69, 9.17) is 4.42 Å². The fraction of sp³-hybridized carbons (Fsp3) is 0.148. The standard InChI is InChI=1S/C27H24N4O3S/c1-18-24-21(28-29-26(32)23-16-9-17-35-23)14-8-15-22(24)34-25(18)27(33)30-31(19-10-4-2-5-11-19)20-12-6-3-7-13-20/h2-7,9-13,16-17H,8,14-15H2,1H3,(H,29,32)(H,30,33)/b28-21+. The lowest BCUT2D eigenvalue weighted by Gasteiger charge is -2.25. The van der Waals surface area contributed by atoms with E-state index in [9.17, 15) is 9.59 Å². The van der Waals surface area contributed by atoms with Gasteiger partial charge in [0.05, 0.1) is 22.0 Å². The van der Waals surface area contributed by atoms with E-state index in [0.29, 0.717) is 29.0 Å². The second-order valence-electron chi connectivity index (χ2n) is 8.13. The molecule has 2 aromatic carbocycles. The van der Waals surface area contributed by atoms with Crippen LogP contribution in [0.5, 0.6) is 0 Å². The summed E-state index contributed by atoms with van der Waals surface area (Å²) in [4.78, 5) is 26.4. The average Bonchev–Trinajstić information content (AvgIpc) is 3.56. The summed E-state index contributed by atoms with van der Waals surface area (Å²) >= 11 is 1.36. The molecular formula is C27H24N4O3S. The Hall–Kier alpha value is -4.17. The highest BCUT2D eigenvalue weighted by Gasteiger charge is 2.29. The monoisotopic (exact) mass is 484 g/mol. The molecule has 0 atom stereocenters. The van der Waals surface area contributed by atoms with Crippen LogP contribution in [0, 0.1) is 6.92 Å². The summed E-state index contributed by atoms with van der Waals surface area (Å²) < 4.78 is 6.05. The van der Waals surface area contributed by atoms with Gasteiger partial charge in [0.1, 0.15) is 5.76 Å². The van der Waals surface area contributed by atoms with Crippen molar-refractivity contribution < 1.29 is 14.0 Å². The summed E-state index contributed by atoms with van der Waals surface area (Å²) in [6.45, 7) is 1.86. The van der Waals surface area contributed by atoms with Crippen LogP contribution < -0.4 is 15.9 Å². The number of para-hydroxylation sites is 2. The van der Waals surface area contributed by atoms with Gasteiger partial charge in [0, 0.05) is 17.5 Å². The van der Waals surface area contributed by atoms with Crippen LogP contribution in [0.4, 0.5) is 11.4 Å². The molecule has 0 saturated carbocycles. The Bertz CT molecular complexity index is 1320. The molecule has 2 aromatic heterocycles. The lowest BCUT2D eigenvalue weighted by atomic mass is 9.93. The zero-order chi connectivity index (χ0) is 24.2. The molecule has 0 aliphatic heterocycles. The maximum Gasteiger partial charge on any atom is 0.306 e. The summed E-state index contributed by atoms with van der Waals surface area (Å²) in [5.74, 6) is 0.353. The number of furan rings is 1. The number of hydrazone groups is 1. The van der Waals surface area contributed by atoms with Crippen molar-refractivity contribution >= 4 is 40.2 Å². The molecule has 2 amide bonds. The molecule has 8 heteroatoms. The van der Waals surface area contributed by atoms with Crippen LogP contribution in [0.1, 0.15) is 50.0 Å². The van der Waals surface area contributed by atoms with E-state index >= 15 is 0 Å². The number of anilines is 2. The molecule has 0 spiro atoms. The van der Waals surface area contributed by atoms with Crippen LogP contribution in [0.15, 0.2) is 87.7 Å². The van der Waals surface area contributed by atoms with Crippen molar-refractivity contribution in [2.75, 3.05) is 5.01 Å². The van der Waals surface area contributed by atoms with Crippen LogP contribution in [0.2, 0.25) is 0 Å². The lowest BCUT2D eigenvalue weighted by Crippen LogP contribution is -2.39. The van der Waals surface area contributed by atoms with E-state index in [1.807, 2.05) is 79.0 Å². The number of nitrogens with zero attached hydrogens (tertiary/aromatic N) is 2. The summed E-state index contributed by atoms with van der Waals surface area (Å²) in [5, 5.41) is 7.97. The number of nitrogens with one attached hydrogen (secondary N) is 2. The zero-order valence-corrected chi connectivity index (χ0v) is 20.0.